The molecule has 194 valence electrons. The summed E-state index contributed by atoms with van der Waals surface area (Å²) in [6.07, 6.45) is 0.369. The van der Waals surface area contributed by atoms with Crippen LogP contribution in [-0.4, -0.2) is 71.2 Å². The fraction of sp³-hybridized carbons (Fsp3) is 0.292. The minimum atomic E-state index is -3.40. The number of halogens is 1. The number of sulfonamides is 1. The van der Waals surface area contributed by atoms with E-state index in [1.54, 1.807) is 6.07 Å². The van der Waals surface area contributed by atoms with Crippen LogP contribution in [0.15, 0.2) is 57.7 Å². The van der Waals surface area contributed by atoms with E-state index in [0.29, 0.717) is 55.5 Å². The largest absolute Gasteiger partial charge is 0.494 e. The van der Waals surface area contributed by atoms with Crippen molar-refractivity contribution in [3.8, 4) is 5.75 Å². The average Bonchev–Trinajstić information content (AvgIpc) is 3.47. The Bertz CT molecular complexity index is 1690. The molecule has 5 aromatic rings. The lowest BCUT2D eigenvalue weighted by atomic mass is 10.2. The Labute approximate surface area is 217 Å². The highest BCUT2D eigenvalue weighted by molar-refractivity contribution is 7.89. The van der Waals surface area contributed by atoms with E-state index in [0.717, 1.165) is 22.0 Å². The molecule has 2 N–H and O–H groups in total. The Kier molecular flexibility index (Phi) is 6.80. The van der Waals surface area contributed by atoms with E-state index in [1.807, 2.05) is 47.4 Å². The molecule has 0 amide bonds. The number of nitrogens with one attached hydrogen (secondary N) is 2. The number of aromatic amines is 2. The second kappa shape index (κ2) is 10.0. The second-order valence-electron chi connectivity index (χ2n) is 8.69. The molecule has 0 bridgehead atoms. The van der Waals surface area contributed by atoms with E-state index in [9.17, 15) is 13.2 Å². The van der Waals surface area contributed by atoms with Gasteiger partial charge in [0.05, 0.1) is 23.4 Å². The third-order valence-corrected chi connectivity index (χ3v) is 8.22. The smallest absolute Gasteiger partial charge is 0.325 e. The van der Waals surface area contributed by atoms with Crippen molar-refractivity contribution in [3.63, 3.8) is 0 Å². The zero-order valence-corrected chi connectivity index (χ0v) is 21.3. The molecule has 11 nitrogen and oxygen atoms in total. The predicted octanol–water partition coefficient (Wildman–Crippen LogP) is 2.89. The molecule has 0 unspecified atom stereocenters. The molecule has 2 aromatic carbocycles. The number of benzene rings is 2. The van der Waals surface area contributed by atoms with Crippen molar-refractivity contribution in [1.82, 2.24) is 24.2 Å². The Balaban J connectivity index is 0.00000280. The number of H-pyrrole nitrogens is 2. The van der Waals surface area contributed by atoms with E-state index in [2.05, 4.69) is 19.9 Å². The highest BCUT2D eigenvalue weighted by atomic mass is 35.5. The lowest BCUT2D eigenvalue weighted by molar-refractivity contribution is 0.315. The first kappa shape index (κ1) is 25.1. The minimum Gasteiger partial charge on any atom is -0.494 e. The number of hydrogen-bond donors (Lipinski definition) is 2. The van der Waals surface area contributed by atoms with Gasteiger partial charge in [-0.3, -0.25) is 4.98 Å². The van der Waals surface area contributed by atoms with Crippen molar-refractivity contribution >= 4 is 61.6 Å². The van der Waals surface area contributed by atoms with Crippen LogP contribution in [0.3, 0.4) is 0 Å². The Morgan fingerprint density at radius 3 is 2.59 bits per heavy atom. The third kappa shape index (κ3) is 5.13. The topological polar surface area (TPSA) is 137 Å². The lowest BCUT2D eigenvalue weighted by Gasteiger charge is -2.33. The van der Waals surface area contributed by atoms with Gasteiger partial charge in [0.1, 0.15) is 11.3 Å². The number of anilines is 1. The number of hydrogen-bond acceptors (Lipinski definition) is 8. The number of para-hydroxylation sites is 2. The van der Waals surface area contributed by atoms with Crippen LogP contribution in [0.4, 0.5) is 6.01 Å². The minimum absolute atomic E-state index is 0. The van der Waals surface area contributed by atoms with Gasteiger partial charge in [0.15, 0.2) is 11.2 Å². The van der Waals surface area contributed by atoms with Gasteiger partial charge in [-0.25, -0.2) is 18.2 Å². The molecule has 13 heteroatoms. The molecule has 37 heavy (non-hydrogen) atoms. The standard InChI is InChI=1S/C24H24N6O5S.ClH/c31-23-26-20-15-16-14-17(6-7-18(16)25-22(20)28-23)34-12-3-13-36(32,33)30-10-8-29(9-11-30)24-27-19-4-1-2-5-21(19)35-24;/h1-2,4-7,14-15H,3,8-13H2,(H2,25,26,28,31);1H. The van der Waals surface area contributed by atoms with Crippen molar-refractivity contribution in [2.75, 3.05) is 43.4 Å². The molecule has 4 heterocycles. The van der Waals surface area contributed by atoms with Crippen LogP contribution < -0.4 is 15.3 Å². The van der Waals surface area contributed by atoms with Gasteiger partial charge in [-0.1, -0.05) is 12.1 Å². The maximum Gasteiger partial charge on any atom is 0.325 e. The van der Waals surface area contributed by atoms with Crippen LogP contribution >= 0.6 is 12.4 Å². The second-order valence-corrected chi connectivity index (χ2v) is 10.8. The predicted molar refractivity (Wildman–Crippen MR) is 143 cm³/mol. The zero-order chi connectivity index (χ0) is 24.7. The fourth-order valence-corrected chi connectivity index (χ4v) is 5.87. The zero-order valence-electron chi connectivity index (χ0n) is 19.7. The molecule has 0 spiro atoms. The van der Waals surface area contributed by atoms with Crippen LogP contribution in [0.2, 0.25) is 0 Å². The van der Waals surface area contributed by atoms with Crippen LogP contribution in [0.25, 0.3) is 33.2 Å². The van der Waals surface area contributed by atoms with Crippen molar-refractivity contribution in [2.45, 2.75) is 6.42 Å². The number of oxazole rings is 1. The SMILES string of the molecule is Cl.O=c1[nH]c2cc3cc(OCCCS(=O)(=O)N4CCN(c5nc6ccccc6o5)CC4)ccc3nc2[nH]1. The molecule has 3 aromatic heterocycles. The normalized spacial score (nSPS) is 14.9. The summed E-state index contributed by atoms with van der Waals surface area (Å²) < 4.78 is 38.8. The van der Waals surface area contributed by atoms with Gasteiger partial charge in [-0.05, 0) is 42.8 Å². The molecular formula is C24H25ClN6O5S. The molecule has 1 fully saturated rings. The molecule has 0 aliphatic carbocycles. The molecule has 6 rings (SSSR count). The van der Waals surface area contributed by atoms with Crippen LogP contribution in [0, 0.1) is 0 Å². The quantitative estimate of drug-likeness (QED) is 0.298. The third-order valence-electron chi connectivity index (χ3n) is 6.27. The van der Waals surface area contributed by atoms with Crippen molar-refractivity contribution in [2.24, 2.45) is 0 Å². The Morgan fingerprint density at radius 2 is 1.78 bits per heavy atom. The summed E-state index contributed by atoms with van der Waals surface area (Å²) in [5.74, 6) is 0.627. The molecule has 0 atom stereocenters. The summed E-state index contributed by atoms with van der Waals surface area (Å²) in [6.45, 7) is 2.08. The summed E-state index contributed by atoms with van der Waals surface area (Å²) >= 11 is 0. The Hall–Kier alpha value is -3.61. The van der Waals surface area contributed by atoms with Gasteiger partial charge in [0, 0.05) is 31.6 Å². The van der Waals surface area contributed by atoms with Crippen molar-refractivity contribution < 1.29 is 17.6 Å². The molecule has 1 aliphatic heterocycles. The first-order valence-corrected chi connectivity index (χ1v) is 13.3. The number of nitrogens with zero attached hydrogens (tertiary/aromatic N) is 4. The van der Waals surface area contributed by atoms with Gasteiger partial charge < -0.3 is 19.0 Å². The highest BCUT2D eigenvalue weighted by Crippen LogP contribution is 2.24. The number of aromatic nitrogens is 4. The molecule has 1 aliphatic rings. The van der Waals surface area contributed by atoms with Gasteiger partial charge in [-0.15, -0.1) is 12.4 Å². The van der Waals surface area contributed by atoms with Gasteiger partial charge in [0.2, 0.25) is 10.0 Å². The van der Waals surface area contributed by atoms with Crippen LogP contribution in [0.1, 0.15) is 6.42 Å². The van der Waals surface area contributed by atoms with E-state index >= 15 is 0 Å². The molecule has 0 saturated carbocycles. The number of piperazine rings is 1. The highest BCUT2D eigenvalue weighted by Gasteiger charge is 2.28. The summed E-state index contributed by atoms with van der Waals surface area (Å²) in [6, 6.07) is 15.3. The summed E-state index contributed by atoms with van der Waals surface area (Å²) in [5, 5.41) is 0.819. The van der Waals surface area contributed by atoms with Crippen molar-refractivity contribution in [3.05, 3.63) is 59.0 Å². The number of rotatable bonds is 7. The number of imidazole rings is 1. The summed E-state index contributed by atoms with van der Waals surface area (Å²) in [5.41, 5.74) is 3.05. The number of pyridine rings is 1. The fourth-order valence-electron chi connectivity index (χ4n) is 4.41. The van der Waals surface area contributed by atoms with Gasteiger partial charge >= 0.3 is 5.69 Å². The van der Waals surface area contributed by atoms with Gasteiger partial charge in [0.25, 0.3) is 6.01 Å². The van der Waals surface area contributed by atoms with E-state index in [-0.39, 0.29) is 30.5 Å². The first-order chi connectivity index (χ1) is 17.4. The maximum atomic E-state index is 12.9. The first-order valence-electron chi connectivity index (χ1n) is 11.7. The van der Waals surface area contributed by atoms with E-state index in [4.69, 9.17) is 9.15 Å². The van der Waals surface area contributed by atoms with Crippen molar-refractivity contribution in [1.29, 1.82) is 0 Å². The van der Waals surface area contributed by atoms with Crippen LogP contribution in [-0.2, 0) is 10.0 Å². The molecule has 1 saturated heterocycles. The molecule has 0 radical (unpaired) electrons. The summed E-state index contributed by atoms with van der Waals surface area (Å²) in [4.78, 5) is 27.7. The van der Waals surface area contributed by atoms with E-state index in [1.165, 1.54) is 4.31 Å². The maximum absolute atomic E-state index is 12.9. The average molecular weight is 545 g/mol. The monoisotopic (exact) mass is 544 g/mol. The Morgan fingerprint density at radius 1 is 0.973 bits per heavy atom. The molecular weight excluding hydrogens is 520 g/mol. The number of fused-ring (bicyclic) bond motifs is 3. The van der Waals surface area contributed by atoms with E-state index < -0.39 is 10.0 Å². The van der Waals surface area contributed by atoms with Gasteiger partial charge in [-0.2, -0.15) is 9.29 Å². The lowest BCUT2D eigenvalue weighted by Crippen LogP contribution is -2.49. The summed E-state index contributed by atoms with van der Waals surface area (Å²) in [7, 11) is -3.40. The number of ether oxygens (including phenoxy) is 1. The van der Waals surface area contributed by atoms with Crippen LogP contribution in [0.5, 0.6) is 5.75 Å².